The zero-order valence-corrected chi connectivity index (χ0v) is 15.1. The molecule has 128 valence electrons. The maximum atomic E-state index is 5.93. The Kier molecular flexibility index (Phi) is 4.86. The number of fused-ring (bicyclic) bond motifs is 1. The normalized spacial score (nSPS) is 28.0. The lowest BCUT2D eigenvalue weighted by Crippen LogP contribution is -2.43. The standard InChI is InChI=1S/C20H31NO2/c1-5-22-18-14-16(9-10-17(18)23-15(2)3)20-11-7-6-8-19(20)21(4)13-12-20/h9-10,14-15,19H,5-8,11-13H2,1-4H3/t19?,20-/m0/s1. The van der Waals surface area contributed by atoms with E-state index in [1.54, 1.807) is 0 Å². The summed E-state index contributed by atoms with van der Waals surface area (Å²) in [6, 6.07) is 7.36. The van der Waals surface area contributed by atoms with Crippen LogP contribution in [0.1, 0.15) is 58.4 Å². The summed E-state index contributed by atoms with van der Waals surface area (Å²) in [5.74, 6) is 1.78. The lowest BCUT2D eigenvalue weighted by Gasteiger charge is -2.42. The first-order chi connectivity index (χ1) is 11.1. The van der Waals surface area contributed by atoms with Gasteiger partial charge < -0.3 is 14.4 Å². The van der Waals surface area contributed by atoms with Crippen molar-refractivity contribution >= 4 is 0 Å². The van der Waals surface area contributed by atoms with Crippen molar-refractivity contribution in [1.82, 2.24) is 4.90 Å². The predicted octanol–water partition coefficient (Wildman–Crippen LogP) is 4.39. The van der Waals surface area contributed by atoms with Gasteiger partial charge in [0.1, 0.15) is 0 Å². The number of likely N-dealkylation sites (N-methyl/N-ethyl adjacent to an activating group) is 1. The van der Waals surface area contributed by atoms with E-state index in [1.165, 1.54) is 44.2 Å². The van der Waals surface area contributed by atoms with Crippen molar-refractivity contribution < 1.29 is 9.47 Å². The van der Waals surface area contributed by atoms with Crippen LogP contribution in [0.25, 0.3) is 0 Å². The predicted molar refractivity (Wildman–Crippen MR) is 94.6 cm³/mol. The minimum absolute atomic E-state index is 0.165. The van der Waals surface area contributed by atoms with Crippen LogP contribution in [0.15, 0.2) is 18.2 Å². The van der Waals surface area contributed by atoms with Gasteiger partial charge >= 0.3 is 0 Å². The Morgan fingerprint density at radius 2 is 2.04 bits per heavy atom. The van der Waals surface area contributed by atoms with Crippen LogP contribution in [0.5, 0.6) is 11.5 Å². The van der Waals surface area contributed by atoms with Crippen molar-refractivity contribution in [2.24, 2.45) is 0 Å². The van der Waals surface area contributed by atoms with Gasteiger partial charge in [-0.1, -0.05) is 18.9 Å². The van der Waals surface area contributed by atoms with Crippen molar-refractivity contribution in [2.75, 3.05) is 20.2 Å². The van der Waals surface area contributed by atoms with Crippen LogP contribution < -0.4 is 9.47 Å². The van der Waals surface area contributed by atoms with Crippen molar-refractivity contribution in [3.8, 4) is 11.5 Å². The summed E-state index contributed by atoms with van der Waals surface area (Å²) in [5.41, 5.74) is 1.76. The SMILES string of the molecule is CCOc1cc([C@@]23CCCCC2N(C)CC3)ccc1OC(C)C. The molecule has 0 N–H and O–H groups in total. The molecule has 2 atom stereocenters. The number of likely N-dealkylation sites (tertiary alicyclic amines) is 1. The summed E-state index contributed by atoms with van der Waals surface area (Å²) in [4.78, 5) is 2.57. The average Bonchev–Trinajstić information content (AvgIpc) is 2.88. The molecular formula is C20H31NO2. The number of rotatable bonds is 5. The van der Waals surface area contributed by atoms with Crippen LogP contribution in [-0.4, -0.2) is 37.2 Å². The van der Waals surface area contributed by atoms with Crippen LogP contribution in [0.3, 0.4) is 0 Å². The monoisotopic (exact) mass is 317 g/mol. The van der Waals surface area contributed by atoms with Crippen molar-refractivity contribution in [3.63, 3.8) is 0 Å². The van der Waals surface area contributed by atoms with E-state index in [4.69, 9.17) is 9.47 Å². The number of hydrogen-bond acceptors (Lipinski definition) is 3. The van der Waals surface area contributed by atoms with Gasteiger partial charge in [0, 0.05) is 11.5 Å². The maximum absolute atomic E-state index is 5.93. The van der Waals surface area contributed by atoms with E-state index in [0.717, 1.165) is 11.5 Å². The Bertz CT molecular complexity index is 538. The highest BCUT2D eigenvalue weighted by Gasteiger charge is 2.48. The van der Waals surface area contributed by atoms with Gasteiger partial charge in [0.15, 0.2) is 11.5 Å². The van der Waals surface area contributed by atoms with E-state index in [-0.39, 0.29) is 6.10 Å². The molecular weight excluding hydrogens is 286 g/mol. The van der Waals surface area contributed by atoms with Crippen molar-refractivity contribution in [3.05, 3.63) is 23.8 Å². The first-order valence-corrected chi connectivity index (χ1v) is 9.21. The molecule has 1 aromatic rings. The topological polar surface area (TPSA) is 21.7 Å². The molecule has 1 aliphatic carbocycles. The molecule has 23 heavy (non-hydrogen) atoms. The fraction of sp³-hybridized carbons (Fsp3) is 0.700. The fourth-order valence-electron chi connectivity index (χ4n) is 4.61. The molecule has 1 aromatic carbocycles. The second-order valence-electron chi connectivity index (χ2n) is 7.41. The Morgan fingerprint density at radius 1 is 1.22 bits per heavy atom. The van der Waals surface area contributed by atoms with E-state index >= 15 is 0 Å². The van der Waals surface area contributed by atoms with E-state index < -0.39 is 0 Å². The first kappa shape index (κ1) is 16.6. The molecule has 1 saturated heterocycles. The minimum Gasteiger partial charge on any atom is -0.490 e. The summed E-state index contributed by atoms with van der Waals surface area (Å²) in [5, 5.41) is 0. The van der Waals surface area contributed by atoms with Crippen LogP contribution >= 0.6 is 0 Å². The third-order valence-corrected chi connectivity index (χ3v) is 5.61. The maximum Gasteiger partial charge on any atom is 0.161 e. The molecule has 3 rings (SSSR count). The Morgan fingerprint density at radius 3 is 2.78 bits per heavy atom. The molecule has 1 unspecified atom stereocenters. The molecule has 3 heteroatoms. The summed E-state index contributed by atoms with van der Waals surface area (Å²) in [6.07, 6.45) is 6.77. The highest BCUT2D eigenvalue weighted by molar-refractivity contribution is 5.46. The number of benzene rings is 1. The van der Waals surface area contributed by atoms with E-state index in [9.17, 15) is 0 Å². The minimum atomic E-state index is 0.165. The van der Waals surface area contributed by atoms with E-state index in [2.05, 4.69) is 44.0 Å². The number of hydrogen-bond donors (Lipinski definition) is 0. The molecule has 0 amide bonds. The Labute approximate surface area is 141 Å². The smallest absolute Gasteiger partial charge is 0.161 e. The number of ether oxygens (including phenoxy) is 2. The van der Waals surface area contributed by atoms with Gasteiger partial charge in [-0.15, -0.1) is 0 Å². The molecule has 0 radical (unpaired) electrons. The van der Waals surface area contributed by atoms with Crippen LogP contribution in [-0.2, 0) is 5.41 Å². The molecule has 1 aliphatic heterocycles. The number of nitrogens with zero attached hydrogens (tertiary/aromatic N) is 1. The Hall–Kier alpha value is -1.22. The van der Waals surface area contributed by atoms with Crippen LogP contribution in [0, 0.1) is 0 Å². The van der Waals surface area contributed by atoms with Gasteiger partial charge in [-0.25, -0.2) is 0 Å². The third kappa shape index (κ3) is 3.08. The highest BCUT2D eigenvalue weighted by atomic mass is 16.5. The van der Waals surface area contributed by atoms with Crippen molar-refractivity contribution in [2.45, 2.75) is 70.4 Å². The van der Waals surface area contributed by atoms with Crippen molar-refractivity contribution in [1.29, 1.82) is 0 Å². The molecule has 0 bridgehead atoms. The molecule has 1 saturated carbocycles. The first-order valence-electron chi connectivity index (χ1n) is 9.21. The lowest BCUT2D eigenvalue weighted by atomic mass is 9.66. The Balaban J connectivity index is 1.97. The summed E-state index contributed by atoms with van der Waals surface area (Å²) in [7, 11) is 2.29. The second-order valence-corrected chi connectivity index (χ2v) is 7.41. The van der Waals surface area contributed by atoms with Gasteiger partial charge in [0.2, 0.25) is 0 Å². The van der Waals surface area contributed by atoms with E-state index in [0.29, 0.717) is 18.1 Å². The summed E-state index contributed by atoms with van der Waals surface area (Å²) >= 11 is 0. The molecule has 1 heterocycles. The third-order valence-electron chi connectivity index (χ3n) is 5.61. The van der Waals surface area contributed by atoms with Crippen LogP contribution in [0.4, 0.5) is 0 Å². The molecule has 2 fully saturated rings. The fourth-order valence-corrected chi connectivity index (χ4v) is 4.61. The second kappa shape index (κ2) is 6.72. The quantitative estimate of drug-likeness (QED) is 0.804. The van der Waals surface area contributed by atoms with Gasteiger partial charge in [0.05, 0.1) is 12.7 Å². The molecule has 0 spiro atoms. The highest BCUT2D eigenvalue weighted by Crippen LogP contribution is 2.49. The largest absolute Gasteiger partial charge is 0.490 e. The zero-order valence-electron chi connectivity index (χ0n) is 15.1. The average molecular weight is 317 g/mol. The molecule has 3 nitrogen and oxygen atoms in total. The zero-order chi connectivity index (χ0) is 16.4. The van der Waals surface area contributed by atoms with Gasteiger partial charge in [-0.3, -0.25) is 0 Å². The van der Waals surface area contributed by atoms with E-state index in [1.807, 2.05) is 6.92 Å². The van der Waals surface area contributed by atoms with Crippen LogP contribution in [0.2, 0.25) is 0 Å². The summed E-state index contributed by atoms with van der Waals surface area (Å²) in [6.45, 7) is 8.04. The molecule has 2 aliphatic rings. The van der Waals surface area contributed by atoms with Gasteiger partial charge in [-0.2, -0.15) is 0 Å². The van der Waals surface area contributed by atoms with Gasteiger partial charge in [-0.05, 0) is 71.3 Å². The molecule has 0 aromatic heterocycles. The lowest BCUT2D eigenvalue weighted by molar-refractivity contribution is 0.180. The summed E-state index contributed by atoms with van der Waals surface area (Å²) < 4.78 is 11.8. The van der Waals surface area contributed by atoms with Gasteiger partial charge in [0.25, 0.3) is 0 Å².